The molecule has 0 atom stereocenters. The molecule has 1 aromatic heterocycles. The summed E-state index contributed by atoms with van der Waals surface area (Å²) in [6.07, 6.45) is 5.40. The van der Waals surface area contributed by atoms with Crippen molar-refractivity contribution < 1.29 is 0 Å². The normalized spacial score (nSPS) is 9.00. The number of rotatable bonds is 1. The van der Waals surface area contributed by atoms with Crippen LogP contribution < -0.4 is 5.73 Å². The lowest BCUT2D eigenvalue weighted by molar-refractivity contribution is 1.06. The van der Waals surface area contributed by atoms with Crippen LogP contribution in [0.5, 0.6) is 0 Å². The van der Waals surface area contributed by atoms with Crippen LogP contribution in [0.2, 0.25) is 0 Å². The predicted octanol–water partition coefficient (Wildman–Crippen LogP) is 2.48. The highest BCUT2D eigenvalue weighted by Crippen LogP contribution is 2.09. The van der Waals surface area contributed by atoms with Crippen molar-refractivity contribution in [2.45, 2.75) is 13.8 Å². The Balaban J connectivity index is 0.000000461. The third kappa shape index (κ3) is 2.36. The lowest BCUT2D eigenvalue weighted by Crippen LogP contribution is -1.90. The highest BCUT2D eigenvalue weighted by molar-refractivity contribution is 5.44. The molecule has 0 bridgehead atoms. The monoisotopic (exact) mass is 189 g/mol. The van der Waals surface area contributed by atoms with E-state index in [-0.39, 0.29) is 0 Å². The molecule has 2 N–H and O–H groups in total. The van der Waals surface area contributed by atoms with Crippen molar-refractivity contribution in [2.75, 3.05) is 5.73 Å². The third-order valence-electron chi connectivity index (χ3n) is 1.70. The van der Waals surface area contributed by atoms with Gasteiger partial charge in [0.15, 0.2) is 0 Å². The Bertz CT molecular complexity index is 349. The lowest BCUT2D eigenvalue weighted by atomic mass is 10.3. The molecule has 1 aromatic carbocycles. The van der Waals surface area contributed by atoms with Gasteiger partial charge in [-0.1, -0.05) is 13.8 Å². The van der Waals surface area contributed by atoms with Gasteiger partial charge >= 0.3 is 0 Å². The van der Waals surface area contributed by atoms with Crippen LogP contribution in [0, 0.1) is 0 Å². The van der Waals surface area contributed by atoms with E-state index in [1.54, 1.807) is 12.5 Å². The summed E-state index contributed by atoms with van der Waals surface area (Å²) >= 11 is 0. The average Bonchev–Trinajstić information content (AvgIpc) is 2.75. The predicted molar refractivity (Wildman–Crippen MR) is 59.3 cm³/mol. The first kappa shape index (κ1) is 10.3. The number of aromatic nitrogens is 2. The number of anilines is 1. The van der Waals surface area contributed by atoms with Crippen molar-refractivity contribution >= 4 is 5.69 Å². The largest absolute Gasteiger partial charge is 0.399 e. The van der Waals surface area contributed by atoms with Gasteiger partial charge in [-0.15, -0.1) is 0 Å². The molecule has 0 spiro atoms. The fraction of sp³-hybridized carbons (Fsp3) is 0.182. The summed E-state index contributed by atoms with van der Waals surface area (Å²) in [5.74, 6) is 0. The molecule has 0 aliphatic rings. The van der Waals surface area contributed by atoms with E-state index in [0.717, 1.165) is 11.4 Å². The first-order valence-corrected chi connectivity index (χ1v) is 4.70. The molecule has 3 nitrogen and oxygen atoms in total. The Labute approximate surface area is 84.2 Å². The molecule has 0 saturated carbocycles. The second-order valence-electron chi connectivity index (χ2n) is 2.56. The molecule has 1 heterocycles. The first-order valence-electron chi connectivity index (χ1n) is 4.70. The van der Waals surface area contributed by atoms with E-state index in [4.69, 9.17) is 5.73 Å². The van der Waals surface area contributed by atoms with Gasteiger partial charge in [-0.05, 0) is 24.3 Å². The van der Waals surface area contributed by atoms with Crippen molar-refractivity contribution in [1.29, 1.82) is 0 Å². The molecule has 0 aliphatic carbocycles. The highest BCUT2D eigenvalue weighted by Gasteiger charge is 1.92. The molecule has 0 unspecified atom stereocenters. The van der Waals surface area contributed by atoms with E-state index >= 15 is 0 Å². The molecule has 14 heavy (non-hydrogen) atoms. The zero-order chi connectivity index (χ0) is 10.4. The van der Waals surface area contributed by atoms with Gasteiger partial charge in [-0.3, -0.25) is 0 Å². The molecule has 2 aromatic rings. The van der Waals surface area contributed by atoms with E-state index in [9.17, 15) is 0 Å². The zero-order valence-corrected chi connectivity index (χ0v) is 8.51. The van der Waals surface area contributed by atoms with Crippen molar-refractivity contribution in [2.24, 2.45) is 0 Å². The summed E-state index contributed by atoms with van der Waals surface area (Å²) in [4.78, 5) is 3.95. The summed E-state index contributed by atoms with van der Waals surface area (Å²) in [7, 11) is 0. The summed E-state index contributed by atoms with van der Waals surface area (Å²) in [6.45, 7) is 4.00. The Kier molecular flexibility index (Phi) is 3.73. The number of benzene rings is 1. The van der Waals surface area contributed by atoms with Gasteiger partial charge in [0, 0.05) is 23.8 Å². The topological polar surface area (TPSA) is 43.8 Å². The van der Waals surface area contributed by atoms with Crippen molar-refractivity contribution in [3.05, 3.63) is 43.0 Å². The Morgan fingerprint density at radius 2 is 1.79 bits per heavy atom. The number of nitrogen functional groups attached to an aromatic ring is 1. The maximum absolute atomic E-state index is 5.56. The van der Waals surface area contributed by atoms with Gasteiger partial charge in [0.05, 0.1) is 6.33 Å². The second-order valence-corrected chi connectivity index (χ2v) is 2.56. The van der Waals surface area contributed by atoms with Crippen molar-refractivity contribution in [3.63, 3.8) is 0 Å². The number of hydrogen-bond acceptors (Lipinski definition) is 2. The van der Waals surface area contributed by atoms with Gasteiger partial charge < -0.3 is 10.3 Å². The van der Waals surface area contributed by atoms with E-state index < -0.39 is 0 Å². The fourth-order valence-corrected chi connectivity index (χ4v) is 1.06. The second kappa shape index (κ2) is 5.07. The van der Waals surface area contributed by atoms with Crippen LogP contribution in [0.25, 0.3) is 5.69 Å². The standard InChI is InChI=1S/C9H9N3.C2H6/c10-8-1-3-9(4-2-8)12-6-5-11-7-12;1-2/h1-7H,10H2;1-2H3. The van der Waals surface area contributed by atoms with Crippen molar-refractivity contribution in [3.8, 4) is 5.69 Å². The van der Waals surface area contributed by atoms with Crippen LogP contribution in [0.3, 0.4) is 0 Å². The summed E-state index contributed by atoms with van der Waals surface area (Å²) in [6, 6.07) is 7.65. The van der Waals surface area contributed by atoms with Gasteiger partial charge in [0.2, 0.25) is 0 Å². The van der Waals surface area contributed by atoms with Crippen LogP contribution in [0.1, 0.15) is 13.8 Å². The number of imidazole rings is 1. The highest BCUT2D eigenvalue weighted by atomic mass is 15.0. The summed E-state index contributed by atoms with van der Waals surface area (Å²) in [5, 5.41) is 0. The van der Waals surface area contributed by atoms with Crippen LogP contribution in [-0.2, 0) is 0 Å². The quantitative estimate of drug-likeness (QED) is 0.700. The van der Waals surface area contributed by atoms with Crippen LogP contribution in [0.15, 0.2) is 43.0 Å². The molecule has 0 fully saturated rings. The molecule has 0 aliphatic heterocycles. The smallest absolute Gasteiger partial charge is 0.0991 e. The third-order valence-corrected chi connectivity index (χ3v) is 1.70. The minimum absolute atomic E-state index is 0.777. The van der Waals surface area contributed by atoms with E-state index in [1.165, 1.54) is 0 Å². The van der Waals surface area contributed by atoms with E-state index in [0.29, 0.717) is 0 Å². The van der Waals surface area contributed by atoms with Crippen LogP contribution >= 0.6 is 0 Å². The first-order chi connectivity index (χ1) is 6.86. The molecule has 0 radical (unpaired) electrons. The Morgan fingerprint density at radius 1 is 1.14 bits per heavy atom. The van der Waals surface area contributed by atoms with Crippen LogP contribution in [0.4, 0.5) is 5.69 Å². The lowest BCUT2D eigenvalue weighted by Gasteiger charge is -2.00. The van der Waals surface area contributed by atoms with E-state index in [2.05, 4.69) is 4.98 Å². The minimum Gasteiger partial charge on any atom is -0.399 e. The Hall–Kier alpha value is -1.77. The van der Waals surface area contributed by atoms with Crippen LogP contribution in [-0.4, -0.2) is 9.55 Å². The van der Waals surface area contributed by atoms with Gasteiger partial charge in [0.25, 0.3) is 0 Å². The molecule has 3 heteroatoms. The number of hydrogen-bond donors (Lipinski definition) is 1. The van der Waals surface area contributed by atoms with E-state index in [1.807, 2.05) is 48.9 Å². The number of nitrogens with zero attached hydrogens (tertiary/aromatic N) is 2. The maximum atomic E-state index is 5.56. The van der Waals surface area contributed by atoms with Gasteiger partial charge in [-0.2, -0.15) is 0 Å². The molecule has 74 valence electrons. The average molecular weight is 189 g/mol. The van der Waals surface area contributed by atoms with Gasteiger partial charge in [-0.25, -0.2) is 4.98 Å². The number of nitrogens with two attached hydrogens (primary N) is 1. The van der Waals surface area contributed by atoms with Crippen molar-refractivity contribution in [1.82, 2.24) is 9.55 Å². The zero-order valence-electron chi connectivity index (χ0n) is 8.51. The molecular weight excluding hydrogens is 174 g/mol. The maximum Gasteiger partial charge on any atom is 0.0991 e. The SMILES string of the molecule is CC.Nc1ccc(-n2ccnc2)cc1. The fourth-order valence-electron chi connectivity index (χ4n) is 1.06. The molecule has 2 rings (SSSR count). The summed E-state index contributed by atoms with van der Waals surface area (Å²) in [5.41, 5.74) is 7.40. The summed E-state index contributed by atoms with van der Waals surface area (Å²) < 4.78 is 1.93. The molecule has 0 saturated heterocycles. The molecular formula is C11H15N3. The minimum atomic E-state index is 0.777. The molecule has 0 amide bonds. The van der Waals surface area contributed by atoms with Gasteiger partial charge in [0.1, 0.15) is 0 Å². The Morgan fingerprint density at radius 3 is 2.29 bits per heavy atom.